The van der Waals surface area contributed by atoms with Gasteiger partial charge in [-0.2, -0.15) is 0 Å². The van der Waals surface area contributed by atoms with E-state index in [0.29, 0.717) is 0 Å². The molecule has 0 aliphatic rings. The summed E-state index contributed by atoms with van der Waals surface area (Å²) in [4.78, 5) is 0. The lowest BCUT2D eigenvalue weighted by molar-refractivity contribution is 0.143. The average molecular weight is 377 g/mol. The third-order valence-electron chi connectivity index (χ3n) is 5.48. The first-order valence-corrected chi connectivity index (χ1v) is 11.9. The second-order valence-electron chi connectivity index (χ2n) is 7.13. The maximum Gasteiger partial charge on any atom is 0.148 e. The van der Waals surface area contributed by atoms with Gasteiger partial charge in [-0.25, -0.2) is 0 Å². The van der Waals surface area contributed by atoms with Gasteiger partial charge in [0.2, 0.25) is 0 Å². The zero-order valence-electron chi connectivity index (χ0n) is 15.7. The van der Waals surface area contributed by atoms with Gasteiger partial charge in [-0.15, -0.1) is 0 Å². The predicted molar refractivity (Wildman–Crippen MR) is 116 cm³/mol. The molecule has 0 atom stereocenters. The van der Waals surface area contributed by atoms with E-state index in [2.05, 4.69) is 91.0 Å². The van der Waals surface area contributed by atoms with Gasteiger partial charge in [0.1, 0.15) is 8.07 Å². The van der Waals surface area contributed by atoms with Gasteiger partial charge in [0.25, 0.3) is 0 Å². The molecular formula is C24H28O2Si. The van der Waals surface area contributed by atoms with Gasteiger partial charge < -0.3 is 10.2 Å². The van der Waals surface area contributed by atoms with Crippen molar-refractivity contribution >= 4 is 23.6 Å². The molecule has 0 fully saturated rings. The second-order valence-corrected chi connectivity index (χ2v) is 11.2. The van der Waals surface area contributed by atoms with E-state index in [1.165, 1.54) is 15.6 Å². The predicted octanol–water partition coefficient (Wildman–Crippen LogP) is 2.54. The summed E-state index contributed by atoms with van der Waals surface area (Å²) in [7, 11) is -2.18. The average Bonchev–Trinajstić information content (AvgIpc) is 2.76. The van der Waals surface area contributed by atoms with Crippen LogP contribution in [0.2, 0.25) is 6.04 Å². The molecule has 0 spiro atoms. The van der Waals surface area contributed by atoms with Crippen LogP contribution in [0.4, 0.5) is 0 Å². The van der Waals surface area contributed by atoms with Gasteiger partial charge in [-0.1, -0.05) is 97.4 Å². The van der Waals surface area contributed by atoms with E-state index in [0.717, 1.165) is 18.9 Å². The SMILES string of the molecule is OCC(CO)CCC[Si](c1ccccc1)(c1ccccc1)c1ccccc1. The van der Waals surface area contributed by atoms with Crippen molar-refractivity contribution in [2.75, 3.05) is 13.2 Å². The Morgan fingerprint density at radius 1 is 0.593 bits per heavy atom. The Kier molecular flexibility index (Phi) is 6.99. The molecule has 0 heterocycles. The van der Waals surface area contributed by atoms with E-state index < -0.39 is 8.07 Å². The zero-order chi connectivity index (χ0) is 19.0. The van der Waals surface area contributed by atoms with Crippen LogP contribution in [0.25, 0.3) is 0 Å². The van der Waals surface area contributed by atoms with E-state index in [4.69, 9.17) is 0 Å². The summed E-state index contributed by atoms with van der Waals surface area (Å²) in [6, 6.07) is 33.7. The summed E-state index contributed by atoms with van der Waals surface area (Å²) in [6.45, 7) is 0.0974. The van der Waals surface area contributed by atoms with Crippen molar-refractivity contribution in [2.45, 2.75) is 18.9 Å². The number of aliphatic hydroxyl groups excluding tert-OH is 2. The first-order chi connectivity index (χ1) is 13.3. The molecule has 3 aromatic rings. The van der Waals surface area contributed by atoms with Crippen LogP contribution in [0.15, 0.2) is 91.0 Å². The standard InChI is InChI=1S/C24H28O2Si/c25-19-21(20-26)11-10-18-27(22-12-4-1-5-13-22,23-14-6-2-7-15-23)24-16-8-3-9-17-24/h1-9,12-17,21,25-26H,10-11,18-20H2. The molecule has 2 N–H and O–H groups in total. The molecule has 3 rings (SSSR count). The summed E-state index contributed by atoms with van der Waals surface area (Å²) in [5.74, 6) is -0.0287. The molecule has 0 aromatic heterocycles. The lowest BCUT2D eigenvalue weighted by Gasteiger charge is -2.34. The van der Waals surface area contributed by atoms with E-state index in [1.54, 1.807) is 0 Å². The Bertz CT molecular complexity index is 690. The quantitative estimate of drug-likeness (QED) is 0.445. The summed E-state index contributed by atoms with van der Waals surface area (Å²) < 4.78 is 0. The minimum atomic E-state index is -2.18. The molecule has 0 aliphatic heterocycles. The Hall–Kier alpha value is -2.20. The normalized spacial score (nSPS) is 11.7. The molecule has 3 heteroatoms. The van der Waals surface area contributed by atoms with E-state index in [-0.39, 0.29) is 19.1 Å². The van der Waals surface area contributed by atoms with E-state index >= 15 is 0 Å². The molecule has 0 saturated heterocycles. The van der Waals surface area contributed by atoms with Crippen LogP contribution < -0.4 is 15.6 Å². The van der Waals surface area contributed by atoms with Gasteiger partial charge in [0.15, 0.2) is 0 Å². The molecule has 27 heavy (non-hydrogen) atoms. The third-order valence-corrected chi connectivity index (χ3v) is 10.5. The van der Waals surface area contributed by atoms with Crippen molar-refractivity contribution in [1.29, 1.82) is 0 Å². The number of benzene rings is 3. The summed E-state index contributed by atoms with van der Waals surface area (Å²) in [5, 5.41) is 23.1. The Morgan fingerprint density at radius 2 is 0.963 bits per heavy atom. The van der Waals surface area contributed by atoms with Crippen LogP contribution in [0.5, 0.6) is 0 Å². The van der Waals surface area contributed by atoms with Gasteiger partial charge in [0, 0.05) is 19.1 Å². The summed E-state index contributed by atoms with van der Waals surface area (Å²) >= 11 is 0. The summed E-state index contributed by atoms with van der Waals surface area (Å²) in [6.07, 6.45) is 1.82. The monoisotopic (exact) mass is 376 g/mol. The molecule has 0 unspecified atom stereocenters. The van der Waals surface area contributed by atoms with Crippen LogP contribution in [-0.2, 0) is 0 Å². The van der Waals surface area contributed by atoms with E-state index in [9.17, 15) is 10.2 Å². The lowest BCUT2D eigenvalue weighted by Crippen LogP contribution is -2.66. The Labute approximate surface area is 163 Å². The van der Waals surface area contributed by atoms with Crippen LogP contribution in [-0.4, -0.2) is 31.5 Å². The minimum Gasteiger partial charge on any atom is -0.396 e. The van der Waals surface area contributed by atoms with Crippen molar-refractivity contribution in [3.05, 3.63) is 91.0 Å². The molecule has 3 aromatic carbocycles. The highest BCUT2D eigenvalue weighted by Crippen LogP contribution is 2.18. The van der Waals surface area contributed by atoms with Crippen LogP contribution in [0, 0.1) is 5.92 Å². The molecule has 0 aliphatic carbocycles. The van der Waals surface area contributed by atoms with Crippen LogP contribution in [0.3, 0.4) is 0 Å². The molecule has 0 amide bonds. The fraction of sp³-hybridized carbons (Fsp3) is 0.250. The lowest BCUT2D eigenvalue weighted by atomic mass is 10.1. The van der Waals surface area contributed by atoms with Crippen molar-refractivity contribution in [3.8, 4) is 0 Å². The van der Waals surface area contributed by atoms with Gasteiger partial charge in [0.05, 0.1) is 0 Å². The number of rotatable bonds is 9. The molecular weight excluding hydrogens is 348 g/mol. The van der Waals surface area contributed by atoms with Crippen LogP contribution >= 0.6 is 0 Å². The number of hydrogen-bond donors (Lipinski definition) is 2. The molecule has 2 nitrogen and oxygen atoms in total. The Morgan fingerprint density at radius 3 is 1.30 bits per heavy atom. The maximum absolute atomic E-state index is 9.46. The molecule has 0 saturated carbocycles. The zero-order valence-corrected chi connectivity index (χ0v) is 16.7. The first-order valence-electron chi connectivity index (χ1n) is 9.69. The molecule has 0 bridgehead atoms. The molecule has 140 valence electrons. The number of aliphatic hydroxyl groups is 2. The number of hydrogen-bond acceptors (Lipinski definition) is 2. The van der Waals surface area contributed by atoms with Crippen LogP contribution in [0.1, 0.15) is 12.8 Å². The Balaban J connectivity index is 2.08. The first kappa shape index (κ1) is 19.6. The van der Waals surface area contributed by atoms with Crippen molar-refractivity contribution in [3.63, 3.8) is 0 Å². The van der Waals surface area contributed by atoms with E-state index in [1.807, 2.05) is 0 Å². The fourth-order valence-electron chi connectivity index (χ4n) is 4.00. The van der Waals surface area contributed by atoms with Crippen molar-refractivity contribution in [2.24, 2.45) is 5.92 Å². The second kappa shape index (κ2) is 9.65. The summed E-state index contributed by atoms with van der Waals surface area (Å²) in [5.41, 5.74) is 0. The highest BCUT2D eigenvalue weighted by molar-refractivity contribution is 7.11. The van der Waals surface area contributed by atoms with Gasteiger partial charge >= 0.3 is 0 Å². The maximum atomic E-state index is 9.46. The highest BCUT2D eigenvalue weighted by Gasteiger charge is 2.38. The van der Waals surface area contributed by atoms with Crippen molar-refractivity contribution in [1.82, 2.24) is 0 Å². The topological polar surface area (TPSA) is 40.5 Å². The minimum absolute atomic E-state index is 0.0287. The third kappa shape index (κ3) is 4.38. The van der Waals surface area contributed by atoms with Gasteiger partial charge in [-0.05, 0) is 28.0 Å². The highest BCUT2D eigenvalue weighted by atomic mass is 28.3. The van der Waals surface area contributed by atoms with Crippen molar-refractivity contribution < 1.29 is 10.2 Å². The fourth-order valence-corrected chi connectivity index (χ4v) is 8.88. The van der Waals surface area contributed by atoms with Gasteiger partial charge in [-0.3, -0.25) is 0 Å². The molecule has 0 radical (unpaired) electrons. The smallest absolute Gasteiger partial charge is 0.148 e. The largest absolute Gasteiger partial charge is 0.396 e.